The number of allylic oxidation sites excluding steroid dienone is 4. The van der Waals surface area contributed by atoms with Gasteiger partial charge in [-0.25, -0.2) is 4.39 Å². The maximum Gasteiger partial charge on any atom is 0.419 e. The van der Waals surface area contributed by atoms with Crippen LogP contribution in [0.4, 0.5) is 17.6 Å². The van der Waals surface area contributed by atoms with Crippen LogP contribution in [-0.4, -0.2) is 33.0 Å². The Morgan fingerprint density at radius 3 is 2.55 bits per heavy atom. The van der Waals surface area contributed by atoms with Gasteiger partial charge in [-0.15, -0.1) is 10.2 Å². The van der Waals surface area contributed by atoms with E-state index in [9.17, 15) is 17.6 Å². The minimum absolute atomic E-state index is 0.0651. The number of hydrogen-bond acceptors (Lipinski definition) is 5. The van der Waals surface area contributed by atoms with Crippen molar-refractivity contribution in [2.45, 2.75) is 64.0 Å². The smallest absolute Gasteiger partial charge is 0.416 e. The molecule has 2 aromatic carbocycles. The molecule has 2 fully saturated rings. The summed E-state index contributed by atoms with van der Waals surface area (Å²) in [5.41, 5.74) is 1.97. The molecule has 1 aliphatic carbocycles. The normalized spacial score (nSPS) is 22.9. The molecule has 0 N–H and O–H groups in total. The summed E-state index contributed by atoms with van der Waals surface area (Å²) >= 11 is 0. The summed E-state index contributed by atoms with van der Waals surface area (Å²) in [5.74, 6) is -1.29. The van der Waals surface area contributed by atoms with Crippen LogP contribution < -0.4 is 0 Å². The van der Waals surface area contributed by atoms with Crippen LogP contribution >= 0.6 is 0 Å². The van der Waals surface area contributed by atoms with E-state index in [1.165, 1.54) is 5.56 Å². The third kappa shape index (κ3) is 5.40. The number of benzene rings is 2. The van der Waals surface area contributed by atoms with Gasteiger partial charge in [0.05, 0.1) is 17.7 Å². The fraction of sp³-hybridized carbons (Fsp3) is 0.355. The van der Waals surface area contributed by atoms with Crippen molar-refractivity contribution >= 4 is 5.57 Å². The molecule has 0 amide bonds. The van der Waals surface area contributed by atoms with Gasteiger partial charge in [-0.05, 0) is 75.4 Å². The lowest BCUT2D eigenvalue weighted by atomic mass is 9.75. The molecule has 9 heteroatoms. The lowest BCUT2D eigenvalue weighted by molar-refractivity contribution is -0.139. The SMILES string of the molecule is C=C1CC[C@@]2(COC(C)(C)N2Cc2ccccc2)C/C1=C/C(=C\C)c1nnc(-c2ccc(C(F)(F)F)c(F)c2)o1. The number of alkyl halides is 3. The number of nitrogens with zero attached hydrogens (tertiary/aromatic N) is 3. The molecule has 0 bridgehead atoms. The minimum atomic E-state index is -4.79. The van der Waals surface area contributed by atoms with Gasteiger partial charge in [-0.1, -0.05) is 48.6 Å². The monoisotopic (exact) mass is 553 g/mol. The molecule has 1 aromatic heterocycles. The average molecular weight is 554 g/mol. The fourth-order valence-electron chi connectivity index (χ4n) is 5.57. The zero-order valence-corrected chi connectivity index (χ0v) is 22.7. The summed E-state index contributed by atoms with van der Waals surface area (Å²) in [6, 6.07) is 12.9. The summed E-state index contributed by atoms with van der Waals surface area (Å²) < 4.78 is 65.1. The molecule has 40 heavy (non-hydrogen) atoms. The van der Waals surface area contributed by atoms with E-state index in [1.807, 2.05) is 37.3 Å². The number of halogens is 4. The van der Waals surface area contributed by atoms with Crippen LogP contribution in [0.5, 0.6) is 0 Å². The number of rotatable bonds is 5. The van der Waals surface area contributed by atoms with E-state index in [0.717, 1.165) is 42.7 Å². The quantitative estimate of drug-likeness (QED) is 0.300. The van der Waals surface area contributed by atoms with Crippen LogP contribution in [0.15, 0.2) is 82.8 Å². The Kier molecular flexibility index (Phi) is 7.31. The summed E-state index contributed by atoms with van der Waals surface area (Å²) in [4.78, 5) is 2.44. The molecule has 5 nitrogen and oxygen atoms in total. The van der Waals surface area contributed by atoms with E-state index in [2.05, 4.69) is 47.7 Å². The third-order valence-electron chi connectivity index (χ3n) is 7.80. The Morgan fingerprint density at radius 2 is 1.88 bits per heavy atom. The fourth-order valence-corrected chi connectivity index (χ4v) is 5.57. The molecule has 1 spiro atoms. The van der Waals surface area contributed by atoms with Gasteiger partial charge in [0.25, 0.3) is 0 Å². The summed E-state index contributed by atoms with van der Waals surface area (Å²) in [6.45, 7) is 11.7. The molecule has 5 rings (SSSR count). The molecule has 1 atom stereocenters. The van der Waals surface area contributed by atoms with Gasteiger partial charge < -0.3 is 9.15 Å². The second kappa shape index (κ2) is 10.4. The minimum Gasteiger partial charge on any atom is -0.416 e. The summed E-state index contributed by atoms with van der Waals surface area (Å²) in [6.07, 6.45) is 1.43. The van der Waals surface area contributed by atoms with Gasteiger partial charge in [0.15, 0.2) is 0 Å². The predicted molar refractivity (Wildman–Crippen MR) is 144 cm³/mol. The molecule has 3 aromatic rings. The van der Waals surface area contributed by atoms with Crippen molar-refractivity contribution in [3.63, 3.8) is 0 Å². The van der Waals surface area contributed by atoms with Gasteiger partial charge in [-0.3, -0.25) is 4.90 Å². The van der Waals surface area contributed by atoms with Crippen molar-refractivity contribution in [2.75, 3.05) is 6.61 Å². The highest BCUT2D eigenvalue weighted by molar-refractivity contribution is 5.71. The van der Waals surface area contributed by atoms with E-state index in [1.54, 1.807) is 0 Å². The second-order valence-corrected chi connectivity index (χ2v) is 10.8. The van der Waals surface area contributed by atoms with Gasteiger partial charge in [0.2, 0.25) is 11.8 Å². The van der Waals surface area contributed by atoms with Crippen molar-refractivity contribution < 1.29 is 26.7 Å². The standard InChI is InChI=1S/C31H31F4N3O2/c1-5-22(27-36-37-28(40-27)23-11-12-25(26(32)16-23)31(33,34)35)15-24-17-30(14-13-20(24)2)19-39-29(3,4)38(30)18-21-9-7-6-8-10-21/h5-12,15-16H,2,13-14,17-19H2,1,3-4H3/b22-5+,24-15-/t30-/m0/s1. The number of ether oxygens (including phenoxy) is 1. The zero-order chi connectivity index (χ0) is 28.7. The number of aromatic nitrogens is 2. The molecule has 2 aliphatic rings. The van der Waals surface area contributed by atoms with Crippen molar-refractivity contribution in [3.05, 3.63) is 101 Å². The predicted octanol–water partition coefficient (Wildman–Crippen LogP) is 7.97. The molecule has 1 saturated heterocycles. The first-order valence-corrected chi connectivity index (χ1v) is 13.1. The van der Waals surface area contributed by atoms with Crippen LogP contribution in [0.2, 0.25) is 0 Å². The maximum atomic E-state index is 14.1. The van der Waals surface area contributed by atoms with Gasteiger partial charge in [0.1, 0.15) is 11.5 Å². The maximum absolute atomic E-state index is 14.1. The van der Waals surface area contributed by atoms with E-state index >= 15 is 0 Å². The van der Waals surface area contributed by atoms with Crippen LogP contribution in [-0.2, 0) is 17.5 Å². The Labute approximate surface area is 230 Å². The Bertz CT molecular complexity index is 1470. The Hall–Kier alpha value is -3.56. The van der Waals surface area contributed by atoms with E-state index in [-0.39, 0.29) is 22.9 Å². The highest BCUT2D eigenvalue weighted by Gasteiger charge is 2.52. The summed E-state index contributed by atoms with van der Waals surface area (Å²) in [7, 11) is 0. The largest absolute Gasteiger partial charge is 0.419 e. The van der Waals surface area contributed by atoms with E-state index < -0.39 is 23.3 Å². The Balaban J connectivity index is 1.41. The third-order valence-corrected chi connectivity index (χ3v) is 7.80. The van der Waals surface area contributed by atoms with Crippen molar-refractivity contribution in [3.8, 4) is 11.5 Å². The van der Waals surface area contributed by atoms with Crippen molar-refractivity contribution in [1.82, 2.24) is 15.1 Å². The highest BCUT2D eigenvalue weighted by Crippen LogP contribution is 2.48. The lowest BCUT2D eigenvalue weighted by Crippen LogP contribution is -2.53. The average Bonchev–Trinajstić information content (AvgIpc) is 3.49. The van der Waals surface area contributed by atoms with Crippen LogP contribution in [0.1, 0.15) is 57.1 Å². The van der Waals surface area contributed by atoms with Crippen molar-refractivity contribution in [1.29, 1.82) is 0 Å². The first kappa shape index (κ1) is 28.0. The van der Waals surface area contributed by atoms with Crippen LogP contribution in [0, 0.1) is 5.82 Å². The molecular formula is C31H31F4N3O2. The van der Waals surface area contributed by atoms with Crippen molar-refractivity contribution in [2.24, 2.45) is 0 Å². The van der Waals surface area contributed by atoms with Gasteiger partial charge in [-0.2, -0.15) is 13.2 Å². The molecule has 0 unspecified atom stereocenters. The van der Waals surface area contributed by atoms with Crippen LogP contribution in [0.3, 0.4) is 0 Å². The van der Waals surface area contributed by atoms with E-state index in [0.29, 0.717) is 24.7 Å². The molecule has 1 aliphatic heterocycles. The molecule has 0 radical (unpaired) electrons. The molecule has 2 heterocycles. The van der Waals surface area contributed by atoms with E-state index in [4.69, 9.17) is 9.15 Å². The van der Waals surface area contributed by atoms with Gasteiger partial charge in [0, 0.05) is 17.7 Å². The highest BCUT2D eigenvalue weighted by atomic mass is 19.4. The number of hydrogen-bond donors (Lipinski definition) is 0. The molecule has 1 saturated carbocycles. The first-order valence-electron chi connectivity index (χ1n) is 13.1. The first-order chi connectivity index (χ1) is 18.9. The lowest BCUT2D eigenvalue weighted by Gasteiger charge is -2.45. The molecule has 210 valence electrons. The zero-order valence-electron chi connectivity index (χ0n) is 22.7. The van der Waals surface area contributed by atoms with Gasteiger partial charge >= 0.3 is 6.18 Å². The second-order valence-electron chi connectivity index (χ2n) is 10.8. The summed E-state index contributed by atoms with van der Waals surface area (Å²) in [5, 5.41) is 8.06. The molecular weight excluding hydrogens is 522 g/mol. The van der Waals surface area contributed by atoms with Crippen LogP contribution in [0.25, 0.3) is 17.0 Å². The Morgan fingerprint density at radius 1 is 1.12 bits per heavy atom. The topological polar surface area (TPSA) is 51.4 Å².